The smallest absolute Gasteiger partial charge is 0.338 e. The van der Waals surface area contributed by atoms with Crippen molar-refractivity contribution in [2.24, 2.45) is 0 Å². The summed E-state index contributed by atoms with van der Waals surface area (Å²) in [5.74, 6) is -0.106. The molecule has 2 aromatic rings. The van der Waals surface area contributed by atoms with Gasteiger partial charge in [0.1, 0.15) is 6.61 Å². The van der Waals surface area contributed by atoms with Crippen molar-refractivity contribution in [3.63, 3.8) is 0 Å². The predicted octanol–water partition coefficient (Wildman–Crippen LogP) is 3.54. The number of nitrogens with one attached hydrogen (secondary N) is 2. The van der Waals surface area contributed by atoms with Crippen LogP contribution in [0, 0.1) is 10.1 Å². The number of hydrogen-bond acceptors (Lipinski definition) is 7. The minimum atomic E-state index is -0.903. The molecule has 0 saturated carbocycles. The summed E-state index contributed by atoms with van der Waals surface area (Å²) in [5, 5.41) is 18.0. The Hall–Kier alpha value is -3.66. The number of nitro groups is 1. The number of nitrogens with zero attached hydrogens (tertiary/aromatic N) is 1. The van der Waals surface area contributed by atoms with Crippen LogP contribution in [-0.4, -0.2) is 29.7 Å². The number of carbonyl (C=O) groups excluding carboxylic acids is 1. The molecule has 0 amide bonds. The number of ether oxygens (including phenoxy) is 3. The molecular weight excluding hydrogens is 434 g/mol. The number of carbonyl (C=O) groups is 1. The molecule has 0 fully saturated rings. The number of allylic oxidation sites excluding steroid dienone is 1. The molecule has 168 valence electrons. The van der Waals surface area contributed by atoms with Crippen molar-refractivity contribution in [3.05, 3.63) is 75.0 Å². The van der Waals surface area contributed by atoms with Gasteiger partial charge in [0.15, 0.2) is 16.6 Å². The summed E-state index contributed by atoms with van der Waals surface area (Å²) in [4.78, 5) is 24.1. The van der Waals surface area contributed by atoms with E-state index in [0.29, 0.717) is 5.70 Å². The number of methoxy groups -OCH3 is 1. The topological polar surface area (TPSA) is 112 Å². The molecule has 0 saturated heterocycles. The first-order chi connectivity index (χ1) is 15.3. The lowest BCUT2D eigenvalue weighted by atomic mass is 9.94. The van der Waals surface area contributed by atoms with E-state index in [0.717, 1.165) is 5.56 Å². The van der Waals surface area contributed by atoms with E-state index in [2.05, 4.69) is 10.6 Å². The second-order valence-corrected chi connectivity index (χ2v) is 7.29. The van der Waals surface area contributed by atoms with Crippen molar-refractivity contribution in [3.8, 4) is 11.5 Å². The SMILES string of the molecule is CCOC(=O)C1=C(C)NC(=S)N[C@H]1c1cc(OC)c(OCc2ccccc2)cc1[N+](=O)[O-]. The molecule has 2 aromatic carbocycles. The van der Waals surface area contributed by atoms with Crippen LogP contribution in [0.15, 0.2) is 53.7 Å². The number of thiocarbonyl (C=S) groups is 1. The maximum absolute atomic E-state index is 12.6. The number of benzene rings is 2. The number of nitro benzene ring substituents is 1. The van der Waals surface area contributed by atoms with Gasteiger partial charge >= 0.3 is 5.97 Å². The number of rotatable bonds is 8. The first-order valence-electron chi connectivity index (χ1n) is 9.84. The Labute approximate surface area is 190 Å². The first kappa shape index (κ1) is 23.0. The molecule has 0 unspecified atom stereocenters. The van der Waals surface area contributed by atoms with E-state index >= 15 is 0 Å². The van der Waals surface area contributed by atoms with Crippen LogP contribution in [0.5, 0.6) is 11.5 Å². The predicted molar refractivity (Wildman–Crippen MR) is 121 cm³/mol. The van der Waals surface area contributed by atoms with Crippen molar-refractivity contribution in [1.29, 1.82) is 0 Å². The van der Waals surface area contributed by atoms with Crippen LogP contribution < -0.4 is 20.1 Å². The van der Waals surface area contributed by atoms with E-state index in [4.69, 9.17) is 26.4 Å². The summed E-state index contributed by atoms with van der Waals surface area (Å²) >= 11 is 5.22. The highest BCUT2D eigenvalue weighted by Crippen LogP contribution is 2.41. The fraction of sp³-hybridized carbons (Fsp3) is 0.273. The molecule has 0 bridgehead atoms. The molecular formula is C22H23N3O6S. The fourth-order valence-electron chi connectivity index (χ4n) is 3.37. The molecule has 32 heavy (non-hydrogen) atoms. The maximum Gasteiger partial charge on any atom is 0.338 e. The second kappa shape index (κ2) is 10.1. The summed E-state index contributed by atoms with van der Waals surface area (Å²) in [6, 6.07) is 11.3. The molecule has 0 spiro atoms. The van der Waals surface area contributed by atoms with Crippen LogP contribution in [0.4, 0.5) is 5.69 Å². The molecule has 9 nitrogen and oxygen atoms in total. The Balaban J connectivity index is 2.06. The van der Waals surface area contributed by atoms with Crippen molar-refractivity contribution in [1.82, 2.24) is 10.6 Å². The minimum Gasteiger partial charge on any atom is -0.493 e. The van der Waals surface area contributed by atoms with Crippen molar-refractivity contribution in [2.45, 2.75) is 26.5 Å². The van der Waals surface area contributed by atoms with Crippen LogP contribution in [0.25, 0.3) is 0 Å². The van der Waals surface area contributed by atoms with E-state index in [1.165, 1.54) is 19.2 Å². The maximum atomic E-state index is 12.6. The van der Waals surface area contributed by atoms with Crippen LogP contribution in [0.1, 0.15) is 31.0 Å². The lowest BCUT2D eigenvalue weighted by Crippen LogP contribution is -2.45. The highest BCUT2D eigenvalue weighted by molar-refractivity contribution is 7.80. The second-order valence-electron chi connectivity index (χ2n) is 6.88. The largest absolute Gasteiger partial charge is 0.493 e. The van der Waals surface area contributed by atoms with Gasteiger partial charge in [-0.2, -0.15) is 0 Å². The quantitative estimate of drug-likeness (QED) is 0.266. The van der Waals surface area contributed by atoms with E-state index in [1.807, 2.05) is 30.3 Å². The monoisotopic (exact) mass is 457 g/mol. The van der Waals surface area contributed by atoms with E-state index in [1.54, 1.807) is 13.8 Å². The molecule has 2 N–H and O–H groups in total. The van der Waals surface area contributed by atoms with E-state index in [-0.39, 0.29) is 46.6 Å². The van der Waals surface area contributed by atoms with Gasteiger partial charge in [0.2, 0.25) is 0 Å². The van der Waals surface area contributed by atoms with E-state index < -0.39 is 16.9 Å². The van der Waals surface area contributed by atoms with Crippen LogP contribution >= 0.6 is 12.2 Å². The zero-order valence-electron chi connectivity index (χ0n) is 17.8. The molecule has 0 aromatic heterocycles. The van der Waals surface area contributed by atoms with Gasteiger partial charge in [-0.25, -0.2) is 4.79 Å². The highest BCUT2D eigenvalue weighted by atomic mass is 32.1. The Kier molecular flexibility index (Phi) is 7.26. The third kappa shape index (κ3) is 4.97. The van der Waals surface area contributed by atoms with Gasteiger partial charge in [-0.1, -0.05) is 30.3 Å². The lowest BCUT2D eigenvalue weighted by molar-refractivity contribution is -0.385. The van der Waals surface area contributed by atoms with Gasteiger partial charge in [-0.3, -0.25) is 10.1 Å². The Morgan fingerprint density at radius 2 is 1.94 bits per heavy atom. The molecule has 1 aliphatic heterocycles. The molecule has 1 heterocycles. The summed E-state index contributed by atoms with van der Waals surface area (Å²) < 4.78 is 16.4. The summed E-state index contributed by atoms with van der Waals surface area (Å²) in [6.45, 7) is 3.70. The van der Waals surface area contributed by atoms with Crippen molar-refractivity contribution >= 4 is 29.0 Å². The van der Waals surface area contributed by atoms with Crippen LogP contribution in [0.3, 0.4) is 0 Å². The Bertz CT molecular complexity index is 1070. The van der Waals surface area contributed by atoms with Gasteiger partial charge in [0.25, 0.3) is 5.69 Å². The van der Waals surface area contributed by atoms with Crippen molar-refractivity contribution in [2.75, 3.05) is 13.7 Å². The molecule has 0 aliphatic carbocycles. The van der Waals surface area contributed by atoms with Crippen LogP contribution in [-0.2, 0) is 16.1 Å². The zero-order chi connectivity index (χ0) is 23.3. The molecule has 1 atom stereocenters. The van der Waals surface area contributed by atoms with Crippen LogP contribution in [0.2, 0.25) is 0 Å². The van der Waals surface area contributed by atoms with Gasteiger partial charge in [-0.15, -0.1) is 0 Å². The van der Waals surface area contributed by atoms with Gasteiger partial charge in [0, 0.05) is 5.70 Å². The molecule has 3 rings (SSSR count). The van der Waals surface area contributed by atoms with Gasteiger partial charge in [-0.05, 0) is 37.7 Å². The summed E-state index contributed by atoms with van der Waals surface area (Å²) in [6.07, 6.45) is 0. The van der Waals surface area contributed by atoms with Gasteiger partial charge < -0.3 is 24.8 Å². The van der Waals surface area contributed by atoms with Gasteiger partial charge in [0.05, 0.1) is 41.9 Å². The molecule has 10 heteroatoms. The van der Waals surface area contributed by atoms with Crippen molar-refractivity contribution < 1.29 is 23.9 Å². The third-order valence-electron chi connectivity index (χ3n) is 4.82. The Morgan fingerprint density at radius 1 is 1.22 bits per heavy atom. The molecule has 0 radical (unpaired) electrons. The number of esters is 1. The zero-order valence-corrected chi connectivity index (χ0v) is 18.7. The average Bonchev–Trinajstić information content (AvgIpc) is 2.77. The first-order valence-corrected chi connectivity index (χ1v) is 10.2. The van der Waals surface area contributed by atoms with E-state index in [9.17, 15) is 14.9 Å². The third-order valence-corrected chi connectivity index (χ3v) is 5.04. The minimum absolute atomic E-state index is 0.157. The Morgan fingerprint density at radius 3 is 2.56 bits per heavy atom. The number of hydrogen-bond donors (Lipinski definition) is 2. The standard InChI is InChI=1S/C22H23N3O6S/c1-4-30-21(26)19-13(2)23-22(32)24-20(19)15-10-17(29-3)18(11-16(15)25(27)28)31-12-14-8-6-5-7-9-14/h5-11,20H,4,12H2,1-3H3,(H2,23,24,32)/t20-/m0/s1. The summed E-state index contributed by atoms with van der Waals surface area (Å²) in [7, 11) is 1.44. The highest BCUT2D eigenvalue weighted by Gasteiger charge is 2.36. The fourth-order valence-corrected chi connectivity index (χ4v) is 3.64. The lowest BCUT2D eigenvalue weighted by Gasteiger charge is -2.30. The molecule has 1 aliphatic rings. The summed E-state index contributed by atoms with van der Waals surface area (Å²) in [5.41, 5.74) is 1.50. The average molecular weight is 458 g/mol. The normalized spacial score (nSPS) is 15.5.